The van der Waals surface area contributed by atoms with Crippen molar-refractivity contribution in [3.05, 3.63) is 21.3 Å². The summed E-state index contributed by atoms with van der Waals surface area (Å²) in [6.07, 6.45) is 1.03. The second kappa shape index (κ2) is 5.54. The van der Waals surface area contributed by atoms with E-state index in [4.69, 9.17) is 17.3 Å². The van der Waals surface area contributed by atoms with Gasteiger partial charge in [-0.05, 0) is 31.6 Å². The average Bonchev–Trinajstić information content (AvgIpc) is 2.45. The lowest BCUT2D eigenvalue weighted by atomic mass is 10.4. The number of hydrogen-bond acceptors (Lipinski definition) is 3. The van der Waals surface area contributed by atoms with Crippen molar-refractivity contribution in [3.63, 3.8) is 0 Å². The van der Waals surface area contributed by atoms with E-state index in [9.17, 15) is 0 Å². The molecule has 0 aliphatic rings. The molecule has 0 radical (unpaired) electrons. The fourth-order valence-electron chi connectivity index (χ4n) is 0.885. The largest absolute Gasteiger partial charge is 0.330 e. The minimum atomic E-state index is 0.748. The van der Waals surface area contributed by atoms with E-state index in [1.807, 2.05) is 12.1 Å². The summed E-state index contributed by atoms with van der Waals surface area (Å²) in [4.78, 5) is 1.28. The maximum atomic E-state index is 5.77. The molecule has 2 nitrogen and oxygen atoms in total. The quantitative estimate of drug-likeness (QED) is 0.719. The molecule has 0 saturated carbocycles. The molecule has 1 aromatic rings. The van der Waals surface area contributed by atoms with Crippen LogP contribution in [-0.2, 0) is 6.54 Å². The number of halogens is 1. The Labute approximate surface area is 81.7 Å². The molecule has 1 aromatic heterocycles. The van der Waals surface area contributed by atoms with Gasteiger partial charge in [-0.25, -0.2) is 0 Å². The SMILES string of the molecule is NCCCNCc1ccc(Cl)s1. The molecule has 0 unspecified atom stereocenters. The van der Waals surface area contributed by atoms with Gasteiger partial charge in [0.15, 0.2) is 0 Å². The van der Waals surface area contributed by atoms with Crippen molar-refractivity contribution in [1.82, 2.24) is 5.32 Å². The summed E-state index contributed by atoms with van der Waals surface area (Å²) in [6, 6.07) is 3.97. The van der Waals surface area contributed by atoms with Gasteiger partial charge < -0.3 is 11.1 Å². The average molecular weight is 205 g/mol. The van der Waals surface area contributed by atoms with Gasteiger partial charge in [-0.2, -0.15) is 0 Å². The molecule has 68 valence electrons. The monoisotopic (exact) mass is 204 g/mol. The second-order valence-corrected chi connectivity index (χ2v) is 4.32. The molecule has 0 saturated heterocycles. The van der Waals surface area contributed by atoms with Crippen LogP contribution < -0.4 is 11.1 Å². The molecule has 12 heavy (non-hydrogen) atoms. The lowest BCUT2D eigenvalue weighted by Crippen LogP contribution is -2.16. The molecule has 0 bridgehead atoms. The summed E-state index contributed by atoms with van der Waals surface area (Å²) in [5.74, 6) is 0. The molecule has 0 fully saturated rings. The fraction of sp³-hybridized carbons (Fsp3) is 0.500. The Morgan fingerprint density at radius 3 is 2.92 bits per heavy atom. The van der Waals surface area contributed by atoms with Crippen molar-refractivity contribution in [3.8, 4) is 0 Å². The molecule has 0 spiro atoms. The van der Waals surface area contributed by atoms with Gasteiger partial charge in [0.2, 0.25) is 0 Å². The van der Waals surface area contributed by atoms with E-state index in [0.29, 0.717) is 0 Å². The third kappa shape index (κ3) is 3.54. The minimum absolute atomic E-state index is 0.748. The first-order chi connectivity index (χ1) is 5.83. The van der Waals surface area contributed by atoms with Gasteiger partial charge in [0, 0.05) is 11.4 Å². The van der Waals surface area contributed by atoms with Gasteiger partial charge in [0.25, 0.3) is 0 Å². The van der Waals surface area contributed by atoms with Crippen LogP contribution in [0.3, 0.4) is 0 Å². The van der Waals surface area contributed by atoms with Crippen LogP contribution in [0.2, 0.25) is 4.34 Å². The first-order valence-corrected chi connectivity index (χ1v) is 5.17. The molecular formula is C8H13ClN2S. The Morgan fingerprint density at radius 2 is 2.33 bits per heavy atom. The van der Waals surface area contributed by atoms with Gasteiger partial charge in [0.05, 0.1) is 4.34 Å². The molecule has 3 N–H and O–H groups in total. The van der Waals surface area contributed by atoms with Crippen LogP contribution in [0.4, 0.5) is 0 Å². The van der Waals surface area contributed by atoms with Crippen molar-refractivity contribution in [2.45, 2.75) is 13.0 Å². The summed E-state index contributed by atoms with van der Waals surface area (Å²) < 4.78 is 0.852. The molecule has 0 atom stereocenters. The van der Waals surface area contributed by atoms with Crippen molar-refractivity contribution >= 4 is 22.9 Å². The van der Waals surface area contributed by atoms with Crippen molar-refractivity contribution < 1.29 is 0 Å². The molecule has 4 heteroatoms. The Balaban J connectivity index is 2.15. The zero-order valence-electron chi connectivity index (χ0n) is 6.85. The first-order valence-electron chi connectivity index (χ1n) is 3.98. The van der Waals surface area contributed by atoms with Crippen LogP contribution in [0.15, 0.2) is 12.1 Å². The minimum Gasteiger partial charge on any atom is -0.330 e. The topological polar surface area (TPSA) is 38.0 Å². The van der Waals surface area contributed by atoms with Crippen LogP contribution in [0.25, 0.3) is 0 Å². The number of hydrogen-bond donors (Lipinski definition) is 2. The normalized spacial score (nSPS) is 10.5. The van der Waals surface area contributed by atoms with Gasteiger partial charge in [-0.15, -0.1) is 11.3 Å². The highest BCUT2D eigenvalue weighted by Gasteiger charge is 1.95. The molecule has 1 heterocycles. The van der Waals surface area contributed by atoms with Gasteiger partial charge in [0.1, 0.15) is 0 Å². The predicted octanol–water partition coefficient (Wildman–Crippen LogP) is 1.84. The summed E-state index contributed by atoms with van der Waals surface area (Å²) in [5, 5.41) is 3.29. The Morgan fingerprint density at radius 1 is 1.50 bits per heavy atom. The van der Waals surface area contributed by atoms with Crippen LogP contribution in [-0.4, -0.2) is 13.1 Å². The van der Waals surface area contributed by atoms with E-state index < -0.39 is 0 Å². The van der Waals surface area contributed by atoms with Gasteiger partial charge in [-0.3, -0.25) is 0 Å². The number of nitrogens with two attached hydrogens (primary N) is 1. The fourth-order valence-corrected chi connectivity index (χ4v) is 1.94. The predicted molar refractivity (Wildman–Crippen MR) is 54.7 cm³/mol. The van der Waals surface area contributed by atoms with E-state index in [-0.39, 0.29) is 0 Å². The van der Waals surface area contributed by atoms with E-state index in [1.165, 1.54) is 4.88 Å². The highest BCUT2D eigenvalue weighted by atomic mass is 35.5. The Bertz CT molecular complexity index is 225. The first kappa shape index (κ1) is 9.99. The molecule has 0 aliphatic heterocycles. The van der Waals surface area contributed by atoms with E-state index in [2.05, 4.69) is 5.32 Å². The number of rotatable bonds is 5. The highest BCUT2D eigenvalue weighted by molar-refractivity contribution is 7.16. The van der Waals surface area contributed by atoms with Gasteiger partial charge >= 0.3 is 0 Å². The summed E-state index contributed by atoms with van der Waals surface area (Å²) in [7, 11) is 0. The van der Waals surface area contributed by atoms with Crippen LogP contribution >= 0.6 is 22.9 Å². The van der Waals surface area contributed by atoms with Crippen molar-refractivity contribution in [2.75, 3.05) is 13.1 Å². The standard InChI is InChI=1S/C8H13ClN2S/c9-8-3-2-7(12-8)6-11-5-1-4-10/h2-3,11H,1,4-6,10H2. The third-order valence-corrected chi connectivity index (χ3v) is 2.72. The van der Waals surface area contributed by atoms with Gasteiger partial charge in [-0.1, -0.05) is 11.6 Å². The molecular weight excluding hydrogens is 192 g/mol. The summed E-state index contributed by atoms with van der Waals surface area (Å²) >= 11 is 7.39. The lowest BCUT2D eigenvalue weighted by Gasteiger charge is -1.99. The van der Waals surface area contributed by atoms with E-state index >= 15 is 0 Å². The number of nitrogens with one attached hydrogen (secondary N) is 1. The van der Waals surface area contributed by atoms with Crippen molar-refractivity contribution in [1.29, 1.82) is 0 Å². The van der Waals surface area contributed by atoms with E-state index in [0.717, 1.165) is 30.4 Å². The van der Waals surface area contributed by atoms with Crippen molar-refractivity contribution in [2.24, 2.45) is 5.73 Å². The third-order valence-electron chi connectivity index (χ3n) is 1.49. The van der Waals surface area contributed by atoms with Crippen LogP contribution in [0.1, 0.15) is 11.3 Å². The second-order valence-electron chi connectivity index (χ2n) is 2.52. The lowest BCUT2D eigenvalue weighted by molar-refractivity contribution is 0.660. The maximum absolute atomic E-state index is 5.77. The highest BCUT2D eigenvalue weighted by Crippen LogP contribution is 2.20. The molecule has 0 amide bonds. The Kier molecular flexibility index (Phi) is 4.61. The zero-order valence-corrected chi connectivity index (χ0v) is 8.42. The zero-order chi connectivity index (χ0) is 8.81. The number of thiophene rings is 1. The summed E-state index contributed by atoms with van der Waals surface area (Å²) in [6.45, 7) is 2.63. The maximum Gasteiger partial charge on any atom is 0.0931 e. The molecule has 0 aromatic carbocycles. The smallest absolute Gasteiger partial charge is 0.0931 e. The van der Waals surface area contributed by atoms with E-state index in [1.54, 1.807) is 11.3 Å². The molecule has 1 rings (SSSR count). The Hall–Kier alpha value is -0.0900. The molecule has 0 aliphatic carbocycles. The van der Waals surface area contributed by atoms with Crippen LogP contribution in [0.5, 0.6) is 0 Å². The van der Waals surface area contributed by atoms with Crippen LogP contribution in [0, 0.1) is 0 Å². The summed E-state index contributed by atoms with van der Waals surface area (Å²) in [5.41, 5.74) is 5.35.